The molecule has 1 N–H and O–H groups in total. The molecule has 0 radical (unpaired) electrons. The topological polar surface area (TPSA) is 37.8 Å². The van der Waals surface area contributed by atoms with Gasteiger partial charge in [-0.1, -0.05) is 11.6 Å². The van der Waals surface area contributed by atoms with E-state index in [9.17, 15) is 0 Å². The van der Waals surface area contributed by atoms with Crippen LogP contribution in [0.15, 0.2) is 12.1 Å². The Morgan fingerprint density at radius 1 is 1.23 bits per heavy atom. The highest BCUT2D eigenvalue weighted by Gasteiger charge is 2.16. The van der Waals surface area contributed by atoms with Crippen LogP contribution in [0.5, 0.6) is 0 Å². The van der Waals surface area contributed by atoms with Crippen molar-refractivity contribution >= 4 is 11.6 Å². The van der Waals surface area contributed by atoms with Gasteiger partial charge in [-0.15, -0.1) is 5.10 Å². The Hall–Kier alpha value is -0.670. The summed E-state index contributed by atoms with van der Waals surface area (Å²) in [6.07, 6.45) is 2.30. The van der Waals surface area contributed by atoms with Crippen LogP contribution in [0.3, 0.4) is 0 Å². The van der Waals surface area contributed by atoms with Crippen LogP contribution in [0.1, 0.15) is 24.5 Å². The minimum Gasteiger partial charge on any atom is -0.317 e. The molecule has 0 unspecified atom stereocenters. The number of hydrogen-bond acceptors (Lipinski definition) is 3. The Balaban J connectivity index is 2.10. The summed E-state index contributed by atoms with van der Waals surface area (Å²) >= 11 is 5.66. The highest BCUT2D eigenvalue weighted by atomic mass is 35.5. The van der Waals surface area contributed by atoms with Crippen LogP contribution in [0, 0.1) is 0 Å². The van der Waals surface area contributed by atoms with Crippen molar-refractivity contribution < 1.29 is 0 Å². The fraction of sp³-hybridized carbons (Fsp3) is 0.556. The normalized spacial score (nSPS) is 18.8. The first kappa shape index (κ1) is 8.91. The van der Waals surface area contributed by atoms with Crippen LogP contribution in [0.2, 0.25) is 5.15 Å². The van der Waals surface area contributed by atoms with E-state index in [4.69, 9.17) is 11.6 Å². The van der Waals surface area contributed by atoms with Gasteiger partial charge in [0.15, 0.2) is 5.15 Å². The minimum absolute atomic E-state index is 0.470. The summed E-state index contributed by atoms with van der Waals surface area (Å²) in [6, 6.07) is 3.79. The molecule has 1 saturated heterocycles. The second-order valence-corrected chi connectivity index (χ2v) is 3.69. The Kier molecular flexibility index (Phi) is 2.76. The van der Waals surface area contributed by atoms with Gasteiger partial charge in [-0.25, -0.2) is 0 Å². The van der Waals surface area contributed by atoms with Crippen molar-refractivity contribution in [2.45, 2.75) is 18.8 Å². The second kappa shape index (κ2) is 4.03. The molecule has 1 aromatic rings. The predicted molar refractivity (Wildman–Crippen MR) is 51.9 cm³/mol. The number of halogens is 1. The maximum Gasteiger partial charge on any atom is 0.151 e. The predicted octanol–water partition coefficient (Wildman–Crippen LogP) is 1.60. The van der Waals surface area contributed by atoms with Crippen molar-refractivity contribution in [3.8, 4) is 0 Å². The van der Waals surface area contributed by atoms with E-state index in [1.807, 2.05) is 12.1 Å². The number of rotatable bonds is 1. The second-order valence-electron chi connectivity index (χ2n) is 3.31. The molecule has 0 atom stereocenters. The third kappa shape index (κ3) is 2.17. The molecule has 70 valence electrons. The zero-order valence-corrected chi connectivity index (χ0v) is 8.09. The van der Waals surface area contributed by atoms with Crippen molar-refractivity contribution in [1.82, 2.24) is 15.5 Å². The molecule has 1 aliphatic heterocycles. The van der Waals surface area contributed by atoms with Crippen molar-refractivity contribution in [2.24, 2.45) is 0 Å². The SMILES string of the molecule is Clc1ccc(C2CCNCC2)nn1. The summed E-state index contributed by atoms with van der Waals surface area (Å²) in [4.78, 5) is 0. The molecule has 0 amide bonds. The van der Waals surface area contributed by atoms with Gasteiger partial charge < -0.3 is 5.32 Å². The lowest BCUT2D eigenvalue weighted by molar-refractivity contribution is 0.450. The summed E-state index contributed by atoms with van der Waals surface area (Å²) < 4.78 is 0. The van der Waals surface area contributed by atoms with E-state index in [-0.39, 0.29) is 0 Å². The molecule has 0 saturated carbocycles. The average molecular weight is 198 g/mol. The standard InChI is InChI=1S/C9H12ClN3/c10-9-2-1-8(12-13-9)7-3-5-11-6-4-7/h1-2,7,11H,3-6H2. The molecule has 1 aliphatic rings. The minimum atomic E-state index is 0.470. The number of aromatic nitrogens is 2. The van der Waals surface area contributed by atoms with E-state index in [0.29, 0.717) is 11.1 Å². The first-order valence-corrected chi connectivity index (χ1v) is 4.94. The van der Waals surface area contributed by atoms with Crippen LogP contribution in [-0.4, -0.2) is 23.3 Å². The van der Waals surface area contributed by atoms with Gasteiger partial charge in [-0.05, 0) is 38.1 Å². The number of nitrogens with one attached hydrogen (secondary N) is 1. The zero-order chi connectivity index (χ0) is 9.10. The third-order valence-corrected chi connectivity index (χ3v) is 2.61. The van der Waals surface area contributed by atoms with Gasteiger partial charge >= 0.3 is 0 Å². The molecule has 0 bridgehead atoms. The summed E-state index contributed by atoms with van der Waals surface area (Å²) in [6.45, 7) is 2.16. The fourth-order valence-electron chi connectivity index (χ4n) is 1.66. The first-order chi connectivity index (χ1) is 6.36. The van der Waals surface area contributed by atoms with Gasteiger partial charge in [0.2, 0.25) is 0 Å². The number of piperidine rings is 1. The molecule has 13 heavy (non-hydrogen) atoms. The summed E-state index contributed by atoms with van der Waals surface area (Å²) in [5, 5.41) is 11.7. The van der Waals surface area contributed by atoms with E-state index in [0.717, 1.165) is 31.6 Å². The van der Waals surface area contributed by atoms with Crippen LogP contribution < -0.4 is 5.32 Å². The molecule has 0 aliphatic carbocycles. The summed E-state index contributed by atoms with van der Waals surface area (Å²) in [7, 11) is 0. The average Bonchev–Trinajstić information content (AvgIpc) is 2.20. The maximum atomic E-state index is 5.66. The molecule has 0 aromatic carbocycles. The molecule has 1 aromatic heterocycles. The van der Waals surface area contributed by atoms with Gasteiger partial charge in [0, 0.05) is 5.92 Å². The smallest absolute Gasteiger partial charge is 0.151 e. The summed E-state index contributed by atoms with van der Waals surface area (Å²) in [5.74, 6) is 0.561. The molecule has 2 rings (SSSR count). The Morgan fingerprint density at radius 2 is 2.00 bits per heavy atom. The van der Waals surface area contributed by atoms with Crippen molar-refractivity contribution in [2.75, 3.05) is 13.1 Å². The maximum absolute atomic E-state index is 5.66. The fourth-order valence-corrected chi connectivity index (χ4v) is 1.76. The van der Waals surface area contributed by atoms with Crippen LogP contribution in [0.25, 0.3) is 0 Å². The van der Waals surface area contributed by atoms with Crippen molar-refractivity contribution in [1.29, 1.82) is 0 Å². The molecule has 4 heteroatoms. The van der Waals surface area contributed by atoms with E-state index in [1.165, 1.54) is 0 Å². The largest absolute Gasteiger partial charge is 0.317 e. The van der Waals surface area contributed by atoms with E-state index in [1.54, 1.807) is 0 Å². The molecular formula is C9H12ClN3. The quantitative estimate of drug-likeness (QED) is 0.743. The van der Waals surface area contributed by atoms with E-state index >= 15 is 0 Å². The van der Waals surface area contributed by atoms with E-state index in [2.05, 4.69) is 15.5 Å². The van der Waals surface area contributed by atoms with Crippen molar-refractivity contribution in [3.05, 3.63) is 23.0 Å². The molecule has 1 fully saturated rings. The third-order valence-electron chi connectivity index (χ3n) is 2.41. The number of nitrogens with zero attached hydrogens (tertiary/aromatic N) is 2. The lowest BCUT2D eigenvalue weighted by atomic mass is 9.94. The lowest BCUT2D eigenvalue weighted by Gasteiger charge is -2.21. The Labute approximate surface area is 82.5 Å². The summed E-state index contributed by atoms with van der Waals surface area (Å²) in [5.41, 5.74) is 1.07. The lowest BCUT2D eigenvalue weighted by Crippen LogP contribution is -2.27. The molecule has 2 heterocycles. The molecule has 3 nitrogen and oxygen atoms in total. The van der Waals surface area contributed by atoms with Gasteiger partial charge in [-0.3, -0.25) is 0 Å². The van der Waals surface area contributed by atoms with Crippen LogP contribution in [-0.2, 0) is 0 Å². The monoisotopic (exact) mass is 197 g/mol. The zero-order valence-electron chi connectivity index (χ0n) is 7.33. The van der Waals surface area contributed by atoms with Crippen molar-refractivity contribution in [3.63, 3.8) is 0 Å². The van der Waals surface area contributed by atoms with Gasteiger partial charge in [0.1, 0.15) is 0 Å². The van der Waals surface area contributed by atoms with Gasteiger partial charge in [0.05, 0.1) is 5.69 Å². The van der Waals surface area contributed by atoms with Gasteiger partial charge in [0.25, 0.3) is 0 Å². The Morgan fingerprint density at radius 3 is 2.62 bits per heavy atom. The first-order valence-electron chi connectivity index (χ1n) is 4.56. The van der Waals surface area contributed by atoms with Crippen LogP contribution in [0.4, 0.5) is 0 Å². The van der Waals surface area contributed by atoms with E-state index < -0.39 is 0 Å². The molecule has 0 spiro atoms. The van der Waals surface area contributed by atoms with Crippen LogP contribution >= 0.6 is 11.6 Å². The Bertz CT molecular complexity index is 267. The number of hydrogen-bond donors (Lipinski definition) is 1. The highest BCUT2D eigenvalue weighted by molar-refractivity contribution is 6.29. The molecular weight excluding hydrogens is 186 g/mol. The highest BCUT2D eigenvalue weighted by Crippen LogP contribution is 2.22. The van der Waals surface area contributed by atoms with Gasteiger partial charge in [-0.2, -0.15) is 5.10 Å².